The van der Waals surface area contributed by atoms with E-state index < -0.39 is 5.97 Å². The number of carbonyl (C=O) groups is 1. The molecule has 1 aliphatic rings. The molecule has 0 radical (unpaired) electrons. The van der Waals surface area contributed by atoms with Crippen LogP contribution in [0.4, 0.5) is 0 Å². The van der Waals surface area contributed by atoms with Crippen LogP contribution in [0.3, 0.4) is 0 Å². The molecule has 3 aromatic rings. The highest BCUT2D eigenvalue weighted by atomic mass is 16.6. The molecule has 1 heterocycles. The Kier molecular flexibility index (Phi) is 5.85. The number of aliphatic imine (C=N–C) groups is 1. The van der Waals surface area contributed by atoms with Crippen LogP contribution in [-0.2, 0) is 16.1 Å². The van der Waals surface area contributed by atoms with Crippen molar-refractivity contribution in [3.05, 3.63) is 100 Å². The molecule has 3 aromatic carbocycles. The van der Waals surface area contributed by atoms with E-state index in [-0.39, 0.29) is 5.70 Å². The SMILES string of the molecule is COc1ccc(OCc2cccc(C)c2)c(/C=C2/N=C(c3ccccc3C)OC2=O)c1. The number of hydrogen-bond donors (Lipinski definition) is 0. The third kappa shape index (κ3) is 4.67. The van der Waals surface area contributed by atoms with Crippen molar-refractivity contribution in [1.29, 1.82) is 0 Å². The quantitative estimate of drug-likeness (QED) is 0.410. The summed E-state index contributed by atoms with van der Waals surface area (Å²) in [6.45, 7) is 4.40. The molecule has 0 atom stereocenters. The van der Waals surface area contributed by atoms with Crippen molar-refractivity contribution < 1.29 is 19.0 Å². The van der Waals surface area contributed by atoms with Gasteiger partial charge >= 0.3 is 5.97 Å². The number of rotatable bonds is 6. The Bertz CT molecular complexity index is 1190. The molecule has 0 saturated heterocycles. The van der Waals surface area contributed by atoms with Crippen molar-refractivity contribution in [2.24, 2.45) is 4.99 Å². The van der Waals surface area contributed by atoms with Gasteiger partial charge in [-0.15, -0.1) is 0 Å². The van der Waals surface area contributed by atoms with Gasteiger partial charge in [-0.2, -0.15) is 0 Å². The second kappa shape index (κ2) is 8.88. The molecule has 0 bridgehead atoms. The van der Waals surface area contributed by atoms with Crippen LogP contribution in [-0.4, -0.2) is 19.0 Å². The number of benzene rings is 3. The molecule has 0 fully saturated rings. The molecule has 31 heavy (non-hydrogen) atoms. The molecule has 0 spiro atoms. The van der Waals surface area contributed by atoms with E-state index in [1.54, 1.807) is 13.2 Å². The lowest BCUT2D eigenvalue weighted by molar-refractivity contribution is -0.129. The first kappa shape index (κ1) is 20.4. The fourth-order valence-corrected chi connectivity index (χ4v) is 3.35. The first-order chi connectivity index (χ1) is 15.0. The zero-order valence-electron chi connectivity index (χ0n) is 17.7. The average Bonchev–Trinajstić information content (AvgIpc) is 3.13. The summed E-state index contributed by atoms with van der Waals surface area (Å²) in [6, 6.07) is 21.3. The maximum Gasteiger partial charge on any atom is 0.363 e. The molecule has 4 rings (SSSR count). The molecule has 1 aliphatic heterocycles. The Balaban J connectivity index is 1.65. The van der Waals surface area contributed by atoms with Gasteiger partial charge in [0.25, 0.3) is 0 Å². The van der Waals surface area contributed by atoms with E-state index in [2.05, 4.69) is 11.1 Å². The topological polar surface area (TPSA) is 57.1 Å². The molecule has 0 aliphatic carbocycles. The van der Waals surface area contributed by atoms with Gasteiger partial charge in [-0.1, -0.05) is 48.0 Å². The molecule has 0 unspecified atom stereocenters. The molecule has 0 saturated carbocycles. The Morgan fingerprint density at radius 1 is 1.00 bits per heavy atom. The number of aryl methyl sites for hydroxylation is 2. The molecule has 156 valence electrons. The summed E-state index contributed by atoms with van der Waals surface area (Å²) >= 11 is 0. The number of methoxy groups -OCH3 is 1. The lowest BCUT2D eigenvalue weighted by atomic mass is 10.1. The zero-order chi connectivity index (χ0) is 21.8. The van der Waals surface area contributed by atoms with Crippen molar-refractivity contribution in [2.75, 3.05) is 7.11 Å². The van der Waals surface area contributed by atoms with Gasteiger partial charge in [-0.05, 0) is 55.3 Å². The lowest BCUT2D eigenvalue weighted by Gasteiger charge is -2.11. The zero-order valence-corrected chi connectivity index (χ0v) is 17.7. The maximum absolute atomic E-state index is 12.5. The smallest absolute Gasteiger partial charge is 0.363 e. The van der Waals surface area contributed by atoms with E-state index in [0.717, 1.165) is 16.7 Å². The minimum absolute atomic E-state index is 0.215. The molecule has 0 N–H and O–H groups in total. The van der Waals surface area contributed by atoms with Crippen molar-refractivity contribution in [1.82, 2.24) is 0 Å². The fraction of sp³-hybridized carbons (Fsp3) is 0.154. The highest BCUT2D eigenvalue weighted by Gasteiger charge is 2.25. The first-order valence-corrected chi connectivity index (χ1v) is 9.98. The summed E-state index contributed by atoms with van der Waals surface area (Å²) in [5.74, 6) is 1.09. The van der Waals surface area contributed by atoms with E-state index in [9.17, 15) is 4.79 Å². The lowest BCUT2D eigenvalue weighted by Crippen LogP contribution is -2.06. The minimum atomic E-state index is -0.495. The van der Waals surface area contributed by atoms with Gasteiger partial charge in [0.15, 0.2) is 5.70 Å². The first-order valence-electron chi connectivity index (χ1n) is 9.98. The van der Waals surface area contributed by atoms with Crippen LogP contribution in [0.15, 0.2) is 77.4 Å². The monoisotopic (exact) mass is 413 g/mol. The fourth-order valence-electron chi connectivity index (χ4n) is 3.35. The van der Waals surface area contributed by atoms with Crippen LogP contribution < -0.4 is 9.47 Å². The molecule has 5 nitrogen and oxygen atoms in total. The van der Waals surface area contributed by atoms with E-state index in [0.29, 0.717) is 29.6 Å². The van der Waals surface area contributed by atoms with Gasteiger partial charge < -0.3 is 14.2 Å². The number of carbonyl (C=O) groups excluding carboxylic acids is 1. The maximum atomic E-state index is 12.5. The highest BCUT2D eigenvalue weighted by Crippen LogP contribution is 2.29. The van der Waals surface area contributed by atoms with Gasteiger partial charge in [0.05, 0.1) is 7.11 Å². The largest absolute Gasteiger partial charge is 0.497 e. The third-order valence-corrected chi connectivity index (χ3v) is 4.98. The number of esters is 1. The number of cyclic esters (lactones) is 1. The predicted molar refractivity (Wildman–Crippen MR) is 120 cm³/mol. The third-order valence-electron chi connectivity index (χ3n) is 4.98. The van der Waals surface area contributed by atoms with Crippen LogP contribution in [0.25, 0.3) is 6.08 Å². The van der Waals surface area contributed by atoms with Crippen LogP contribution in [0.5, 0.6) is 11.5 Å². The molecule has 0 aromatic heterocycles. The van der Waals surface area contributed by atoms with E-state index >= 15 is 0 Å². The highest BCUT2D eigenvalue weighted by molar-refractivity contribution is 6.13. The Morgan fingerprint density at radius 2 is 1.84 bits per heavy atom. The molecule has 5 heteroatoms. The second-order valence-corrected chi connectivity index (χ2v) is 7.33. The molecular formula is C26H23NO4. The number of ether oxygens (including phenoxy) is 3. The molecular weight excluding hydrogens is 390 g/mol. The van der Waals surface area contributed by atoms with Crippen molar-refractivity contribution in [2.45, 2.75) is 20.5 Å². The van der Waals surface area contributed by atoms with E-state index in [1.807, 2.05) is 74.5 Å². The van der Waals surface area contributed by atoms with Gasteiger partial charge in [0.2, 0.25) is 5.90 Å². The minimum Gasteiger partial charge on any atom is -0.497 e. The average molecular weight is 413 g/mol. The summed E-state index contributed by atoms with van der Waals surface area (Å²) in [5.41, 5.74) is 4.92. The Hall–Kier alpha value is -3.86. The van der Waals surface area contributed by atoms with E-state index in [1.165, 1.54) is 5.56 Å². The van der Waals surface area contributed by atoms with Gasteiger partial charge in [0.1, 0.15) is 18.1 Å². The normalized spacial score (nSPS) is 14.4. The van der Waals surface area contributed by atoms with Crippen molar-refractivity contribution in [3.8, 4) is 11.5 Å². The van der Waals surface area contributed by atoms with Gasteiger partial charge in [-0.3, -0.25) is 0 Å². The predicted octanol–water partition coefficient (Wildman–Crippen LogP) is 5.24. The standard InChI is InChI=1S/C26H23NO4/c1-17-7-6-9-19(13-17)16-30-24-12-11-21(29-3)14-20(24)15-23-26(28)31-25(27-23)22-10-5-4-8-18(22)2/h4-15H,16H2,1-3H3/b23-15+. The summed E-state index contributed by atoms with van der Waals surface area (Å²) in [7, 11) is 1.60. The van der Waals surface area contributed by atoms with Gasteiger partial charge in [0, 0.05) is 11.1 Å². The summed E-state index contributed by atoms with van der Waals surface area (Å²) < 4.78 is 16.8. The van der Waals surface area contributed by atoms with Gasteiger partial charge in [-0.25, -0.2) is 9.79 Å². The van der Waals surface area contributed by atoms with Crippen molar-refractivity contribution >= 4 is 17.9 Å². The summed E-state index contributed by atoms with van der Waals surface area (Å²) in [6.07, 6.45) is 1.67. The van der Waals surface area contributed by atoms with Crippen LogP contribution >= 0.6 is 0 Å². The van der Waals surface area contributed by atoms with Crippen molar-refractivity contribution in [3.63, 3.8) is 0 Å². The van der Waals surface area contributed by atoms with Crippen LogP contribution in [0.2, 0.25) is 0 Å². The van der Waals surface area contributed by atoms with Crippen LogP contribution in [0, 0.1) is 13.8 Å². The number of nitrogens with zero attached hydrogens (tertiary/aromatic N) is 1. The van der Waals surface area contributed by atoms with E-state index in [4.69, 9.17) is 14.2 Å². The molecule has 0 amide bonds. The summed E-state index contributed by atoms with van der Waals surface area (Å²) in [4.78, 5) is 16.9. The Morgan fingerprint density at radius 3 is 2.61 bits per heavy atom. The summed E-state index contributed by atoms with van der Waals surface area (Å²) in [5, 5.41) is 0. The number of hydrogen-bond acceptors (Lipinski definition) is 5. The second-order valence-electron chi connectivity index (χ2n) is 7.33. The van der Waals surface area contributed by atoms with Crippen LogP contribution in [0.1, 0.15) is 27.8 Å². The Labute approximate surface area is 181 Å².